The number of nitrogens with zero attached hydrogens (tertiary/aromatic N) is 3. The fraction of sp³-hybridized carbons (Fsp3) is 0.333. The number of halogens is 1. The van der Waals surface area contributed by atoms with Crippen molar-refractivity contribution in [1.82, 2.24) is 9.88 Å². The smallest absolute Gasteiger partial charge is 0.407 e. The van der Waals surface area contributed by atoms with Crippen LogP contribution in [0.2, 0.25) is 0 Å². The Morgan fingerprint density at radius 2 is 2.35 bits per heavy atom. The molecule has 1 atom stereocenters. The summed E-state index contributed by atoms with van der Waals surface area (Å²) in [5.41, 5.74) is 1.18. The number of hydrogen-bond donors (Lipinski definition) is 2. The lowest BCUT2D eigenvalue weighted by Gasteiger charge is -2.37. The summed E-state index contributed by atoms with van der Waals surface area (Å²) in [6.07, 6.45) is -0.608. The Labute approximate surface area is 123 Å². The van der Waals surface area contributed by atoms with E-state index in [1.54, 1.807) is 6.92 Å². The number of aromatic nitrogens is 1. The van der Waals surface area contributed by atoms with Crippen molar-refractivity contribution in [2.75, 3.05) is 11.9 Å². The van der Waals surface area contributed by atoms with Crippen LogP contribution >= 0.6 is 15.9 Å². The Kier molecular flexibility index (Phi) is 3.90. The van der Waals surface area contributed by atoms with E-state index in [2.05, 4.69) is 26.2 Å². The number of pyridine rings is 1. The van der Waals surface area contributed by atoms with E-state index in [1.165, 1.54) is 6.07 Å². The maximum Gasteiger partial charge on any atom is 0.407 e. The van der Waals surface area contributed by atoms with Gasteiger partial charge >= 0.3 is 6.09 Å². The first-order valence-electron chi connectivity index (χ1n) is 5.81. The minimum atomic E-state index is -1.11. The summed E-state index contributed by atoms with van der Waals surface area (Å²) >= 11 is 3.26. The zero-order valence-corrected chi connectivity index (χ0v) is 12.1. The number of rotatable bonds is 2. The first kappa shape index (κ1) is 14.3. The molecule has 1 aliphatic rings. The monoisotopic (exact) mass is 338 g/mol. The van der Waals surface area contributed by atoms with Gasteiger partial charge in [0.2, 0.25) is 5.91 Å². The number of carbonyl (C=O) groups excluding carboxylic acids is 1. The highest BCUT2D eigenvalue weighted by Gasteiger charge is 2.37. The number of amides is 2. The molecule has 1 unspecified atom stereocenters. The van der Waals surface area contributed by atoms with E-state index >= 15 is 0 Å². The molecule has 1 fully saturated rings. The Morgan fingerprint density at radius 1 is 1.65 bits per heavy atom. The number of likely N-dealkylation sites (tertiary alicyclic amines) is 1. The summed E-state index contributed by atoms with van der Waals surface area (Å²) < 4.78 is 0.538. The summed E-state index contributed by atoms with van der Waals surface area (Å²) in [5.74, 6) is -0.394. The van der Waals surface area contributed by atoms with E-state index in [4.69, 9.17) is 10.4 Å². The molecule has 1 aromatic heterocycles. The first-order valence-corrected chi connectivity index (χ1v) is 6.61. The topological polar surface area (TPSA) is 106 Å². The van der Waals surface area contributed by atoms with Crippen LogP contribution in [0.15, 0.2) is 10.5 Å². The van der Waals surface area contributed by atoms with Gasteiger partial charge in [0.05, 0.1) is 11.4 Å². The van der Waals surface area contributed by atoms with Gasteiger partial charge in [-0.05, 0) is 35.3 Å². The van der Waals surface area contributed by atoms with Crippen LogP contribution in [-0.2, 0) is 4.79 Å². The molecule has 0 radical (unpaired) electrons. The zero-order chi connectivity index (χ0) is 14.9. The molecule has 2 rings (SSSR count). The third kappa shape index (κ3) is 2.58. The van der Waals surface area contributed by atoms with Crippen molar-refractivity contribution >= 4 is 33.6 Å². The van der Waals surface area contributed by atoms with Crippen LogP contribution in [0, 0.1) is 18.3 Å². The molecule has 0 aromatic carbocycles. The number of aryl methyl sites for hydroxylation is 1. The number of carboxylic acid groups (broad SMARTS) is 1. The van der Waals surface area contributed by atoms with E-state index in [0.29, 0.717) is 28.8 Å². The predicted molar refractivity (Wildman–Crippen MR) is 73.2 cm³/mol. The maximum atomic E-state index is 12.0. The quantitative estimate of drug-likeness (QED) is 0.853. The molecule has 1 aliphatic heterocycles. The SMILES string of the molecule is Cc1nc(C#N)cc(Br)c1NC(=O)C1CCN1C(=O)O. The van der Waals surface area contributed by atoms with Crippen molar-refractivity contribution in [2.45, 2.75) is 19.4 Å². The van der Waals surface area contributed by atoms with E-state index in [1.807, 2.05) is 6.07 Å². The summed E-state index contributed by atoms with van der Waals surface area (Å²) in [7, 11) is 0. The van der Waals surface area contributed by atoms with Crippen molar-refractivity contribution < 1.29 is 14.7 Å². The molecule has 8 heteroatoms. The normalized spacial score (nSPS) is 17.1. The molecule has 7 nitrogen and oxygen atoms in total. The third-order valence-electron chi connectivity index (χ3n) is 3.08. The lowest BCUT2D eigenvalue weighted by molar-refractivity contribution is -0.124. The van der Waals surface area contributed by atoms with Gasteiger partial charge in [-0.3, -0.25) is 9.69 Å². The van der Waals surface area contributed by atoms with E-state index < -0.39 is 18.0 Å². The molecule has 0 bridgehead atoms. The molecule has 2 amide bonds. The summed E-state index contributed by atoms with van der Waals surface area (Å²) in [6, 6.07) is 2.74. The van der Waals surface area contributed by atoms with Gasteiger partial charge in [0.1, 0.15) is 17.8 Å². The molecule has 104 valence electrons. The van der Waals surface area contributed by atoms with Crippen LogP contribution in [0.25, 0.3) is 0 Å². The van der Waals surface area contributed by atoms with Gasteiger partial charge in [-0.2, -0.15) is 5.26 Å². The van der Waals surface area contributed by atoms with Crippen LogP contribution < -0.4 is 5.32 Å². The molecular weight excluding hydrogens is 328 g/mol. The number of carbonyl (C=O) groups is 2. The minimum Gasteiger partial charge on any atom is -0.465 e. The van der Waals surface area contributed by atoms with Gasteiger partial charge in [-0.1, -0.05) is 0 Å². The Hall–Kier alpha value is -2.14. The number of hydrogen-bond acceptors (Lipinski definition) is 4. The lowest BCUT2D eigenvalue weighted by Crippen LogP contribution is -2.56. The Balaban J connectivity index is 2.17. The highest BCUT2D eigenvalue weighted by molar-refractivity contribution is 9.10. The molecule has 0 saturated carbocycles. The predicted octanol–water partition coefficient (Wildman–Crippen LogP) is 1.71. The van der Waals surface area contributed by atoms with Crippen molar-refractivity contribution in [2.24, 2.45) is 0 Å². The molecule has 0 spiro atoms. The average Bonchev–Trinajstić information content (AvgIpc) is 2.31. The van der Waals surface area contributed by atoms with Gasteiger partial charge < -0.3 is 10.4 Å². The highest BCUT2D eigenvalue weighted by atomic mass is 79.9. The molecule has 0 aliphatic carbocycles. The minimum absolute atomic E-state index is 0.239. The second kappa shape index (κ2) is 5.46. The first-order chi connectivity index (χ1) is 9.43. The number of anilines is 1. The van der Waals surface area contributed by atoms with Crippen LogP contribution in [-0.4, -0.2) is 39.6 Å². The van der Waals surface area contributed by atoms with Gasteiger partial charge in [0, 0.05) is 11.0 Å². The van der Waals surface area contributed by atoms with Crippen LogP contribution in [0.3, 0.4) is 0 Å². The van der Waals surface area contributed by atoms with Crippen molar-refractivity contribution in [3.8, 4) is 6.07 Å². The molecule has 1 aromatic rings. The standard InChI is InChI=1S/C12H11BrN4O3/c1-6-10(8(13)4-7(5-14)15-6)16-11(18)9-2-3-17(9)12(19)20/h4,9H,2-3H2,1H3,(H,16,18)(H,19,20). The van der Waals surface area contributed by atoms with Crippen LogP contribution in [0.4, 0.5) is 10.5 Å². The second-order valence-corrected chi connectivity index (χ2v) is 5.19. The largest absolute Gasteiger partial charge is 0.465 e. The fourth-order valence-electron chi connectivity index (χ4n) is 1.94. The Bertz CT molecular complexity index is 603. The number of nitriles is 1. The fourth-order valence-corrected chi connectivity index (χ4v) is 2.54. The van der Waals surface area contributed by atoms with Crippen molar-refractivity contribution in [3.63, 3.8) is 0 Å². The highest BCUT2D eigenvalue weighted by Crippen LogP contribution is 2.27. The number of nitrogens with one attached hydrogen (secondary N) is 1. The van der Waals surface area contributed by atoms with Gasteiger partial charge in [-0.25, -0.2) is 9.78 Å². The van der Waals surface area contributed by atoms with E-state index in [9.17, 15) is 9.59 Å². The van der Waals surface area contributed by atoms with Crippen LogP contribution in [0.5, 0.6) is 0 Å². The molecule has 20 heavy (non-hydrogen) atoms. The molecule has 2 heterocycles. The van der Waals surface area contributed by atoms with Gasteiger partial charge in [0.15, 0.2) is 0 Å². The molecule has 1 saturated heterocycles. The van der Waals surface area contributed by atoms with Crippen molar-refractivity contribution in [3.05, 3.63) is 21.9 Å². The van der Waals surface area contributed by atoms with Gasteiger partial charge in [-0.15, -0.1) is 0 Å². The Morgan fingerprint density at radius 3 is 2.80 bits per heavy atom. The zero-order valence-electron chi connectivity index (χ0n) is 10.6. The van der Waals surface area contributed by atoms with Crippen LogP contribution in [0.1, 0.15) is 17.8 Å². The molecule has 2 N–H and O–H groups in total. The summed E-state index contributed by atoms with van der Waals surface area (Å²) in [4.78, 5) is 28.0. The molecular formula is C12H11BrN4O3. The summed E-state index contributed by atoms with van der Waals surface area (Å²) in [5, 5.41) is 20.3. The third-order valence-corrected chi connectivity index (χ3v) is 3.71. The van der Waals surface area contributed by atoms with Crippen molar-refractivity contribution in [1.29, 1.82) is 5.26 Å². The lowest BCUT2D eigenvalue weighted by atomic mass is 10.0. The average molecular weight is 339 g/mol. The maximum absolute atomic E-state index is 12.0. The second-order valence-electron chi connectivity index (χ2n) is 4.33. The van der Waals surface area contributed by atoms with E-state index in [-0.39, 0.29) is 5.69 Å². The van der Waals surface area contributed by atoms with Gasteiger partial charge in [0.25, 0.3) is 0 Å². The van der Waals surface area contributed by atoms with E-state index in [0.717, 1.165) is 4.90 Å². The summed E-state index contributed by atoms with van der Waals surface area (Å²) in [6.45, 7) is 2.02.